The van der Waals surface area contributed by atoms with Crippen LogP contribution >= 0.6 is 0 Å². The van der Waals surface area contributed by atoms with Gasteiger partial charge in [0.2, 0.25) is 0 Å². The Kier molecular flexibility index (Phi) is 12.0. The molecule has 5 heteroatoms. The Balaban J connectivity index is 0.00000946. The molecule has 0 unspecified atom stereocenters. The SMILES string of the molecule is [2H]c1c([2H])c(C([2H])([2H])[2H])c([2H])c([2H])c1-c1ccnc(-c2[c-]c(-c3cccc4c3nc(-c3cc(C(C)C)cc(C(C)C)c3O)n4-c3ccc(-c4c(C(C)(CC)CC)cccc4C(C)(CC)CC)cc3C([2H])([2H])[2H])cc(C(C)(C)C)c2)c1.[Pt]. The van der Waals surface area contributed by atoms with E-state index in [1.165, 1.54) is 17.3 Å². The van der Waals surface area contributed by atoms with Gasteiger partial charge >= 0.3 is 0 Å². The zero-order valence-corrected chi connectivity index (χ0v) is 46.1. The number of para-hydroxylation sites is 1. The number of pyridine rings is 1. The normalized spacial score (nSPS) is 14.7. The number of aromatic nitrogens is 3. The Morgan fingerprint density at radius 3 is 1.92 bits per heavy atom. The number of hydrogen-bond acceptors (Lipinski definition) is 3. The summed E-state index contributed by atoms with van der Waals surface area (Å²) in [5, 5.41) is 12.5. The van der Waals surface area contributed by atoms with Crippen LogP contribution in [-0.4, -0.2) is 19.6 Å². The molecule has 4 nitrogen and oxygen atoms in total. The smallest absolute Gasteiger partial charge is 0.148 e. The molecule has 0 aliphatic carbocycles. The van der Waals surface area contributed by atoms with Crippen LogP contribution < -0.4 is 0 Å². The molecule has 2 aromatic heterocycles. The monoisotopic (exact) mass is 1130 g/mol. The molecular weight excluding hydrogens is 1050 g/mol. The maximum absolute atomic E-state index is 12.5. The molecule has 372 valence electrons. The summed E-state index contributed by atoms with van der Waals surface area (Å²) in [7, 11) is 0. The van der Waals surface area contributed by atoms with Crippen molar-refractivity contribution in [3.8, 4) is 67.5 Å². The second-order valence-electron chi connectivity index (χ2n) is 21.4. The van der Waals surface area contributed by atoms with Gasteiger partial charge in [-0.3, -0.25) is 9.55 Å². The van der Waals surface area contributed by atoms with E-state index in [0.29, 0.717) is 56.1 Å². The van der Waals surface area contributed by atoms with Gasteiger partial charge in [0.15, 0.2) is 0 Å². The summed E-state index contributed by atoms with van der Waals surface area (Å²) < 4.78 is 88.9. The Hall–Kier alpha value is -5.57. The molecule has 0 saturated carbocycles. The number of aryl methyl sites for hydroxylation is 1. The summed E-state index contributed by atoms with van der Waals surface area (Å²) in [5.41, 5.74) is 10.3. The molecule has 2 heterocycles. The van der Waals surface area contributed by atoms with Gasteiger partial charge in [-0.05, 0) is 148 Å². The zero-order valence-electron chi connectivity index (χ0n) is 53.8. The molecule has 8 aromatic rings. The maximum Gasteiger partial charge on any atom is 0.148 e. The predicted octanol–water partition coefficient (Wildman–Crippen LogP) is 18.6. The standard InChI is InChI=1S/C66H76N3O.Pt/c1-16-65(14,17-2)55-23-21-24-56(66(15,18-3)19-4)60(55)47-30-31-58(44(10)34-47)69-59-25-20-22-52(61(59)68-63(69)54-39-48(41(5)6)38-53(42(7)8)62(54)70)49-35-50(37-51(36-49)64(11,12)13)57-40-46(32-33-67-57)45-28-26-43(9)27-29-45;/h20-34,36-42,70H,16-19H2,1-15H3;/q-1;/i9D3,10D3,26D,27D,28D,29D;. The fourth-order valence-electron chi connectivity index (χ4n) is 9.86. The number of nitrogens with zero attached hydrogens (tertiary/aromatic N) is 3. The van der Waals surface area contributed by atoms with Crippen molar-refractivity contribution >= 4 is 11.0 Å². The van der Waals surface area contributed by atoms with Crippen molar-refractivity contribution in [3.63, 3.8) is 0 Å². The molecular formula is C66H76N3OPt-. The van der Waals surface area contributed by atoms with E-state index >= 15 is 0 Å². The quantitative estimate of drug-likeness (QED) is 0.110. The molecule has 1 N–H and O–H groups in total. The molecule has 6 aromatic carbocycles. The van der Waals surface area contributed by atoms with Crippen LogP contribution in [0, 0.1) is 19.8 Å². The van der Waals surface area contributed by atoms with Gasteiger partial charge in [-0.15, -0.1) is 29.3 Å². The molecule has 0 bridgehead atoms. The van der Waals surface area contributed by atoms with Crippen LogP contribution in [0.4, 0.5) is 0 Å². The van der Waals surface area contributed by atoms with Crippen LogP contribution in [0.25, 0.3) is 72.7 Å². The van der Waals surface area contributed by atoms with E-state index in [1.807, 2.05) is 66.9 Å². The average Bonchev–Trinajstić information content (AvgIpc) is 4.09. The third-order valence-electron chi connectivity index (χ3n) is 15.4. The van der Waals surface area contributed by atoms with Crippen molar-refractivity contribution in [1.29, 1.82) is 0 Å². The Morgan fingerprint density at radius 2 is 1.32 bits per heavy atom. The molecule has 0 fully saturated rings. The Labute approximate surface area is 454 Å². The Bertz CT molecular complexity index is 3610. The minimum Gasteiger partial charge on any atom is -0.507 e. The fraction of sp³-hybridized carbons (Fsp3) is 0.364. The molecule has 0 amide bonds. The fourth-order valence-corrected chi connectivity index (χ4v) is 9.86. The summed E-state index contributed by atoms with van der Waals surface area (Å²) in [4.78, 5) is 10.3. The van der Waals surface area contributed by atoms with Crippen molar-refractivity contribution in [2.75, 3.05) is 0 Å². The molecule has 8 rings (SSSR count). The predicted molar refractivity (Wildman–Crippen MR) is 299 cm³/mol. The van der Waals surface area contributed by atoms with Gasteiger partial charge in [-0.1, -0.05) is 179 Å². The number of phenols is 1. The van der Waals surface area contributed by atoms with Crippen molar-refractivity contribution in [3.05, 3.63) is 166 Å². The number of imidazole rings is 1. The number of phenolic OH excluding ortho intramolecular Hbond substituents is 1. The van der Waals surface area contributed by atoms with Gasteiger partial charge in [-0.2, -0.15) is 0 Å². The second-order valence-corrected chi connectivity index (χ2v) is 21.4. The second kappa shape index (κ2) is 20.9. The Morgan fingerprint density at radius 1 is 0.676 bits per heavy atom. The van der Waals surface area contributed by atoms with E-state index < -0.39 is 48.9 Å². The summed E-state index contributed by atoms with van der Waals surface area (Å²) in [5.74, 6) is 0.458. The summed E-state index contributed by atoms with van der Waals surface area (Å²) in [6, 6.07) is 31.0. The topological polar surface area (TPSA) is 50.9 Å². The van der Waals surface area contributed by atoms with Crippen LogP contribution in [0.2, 0.25) is 0 Å². The van der Waals surface area contributed by atoms with Crippen LogP contribution in [0.5, 0.6) is 5.75 Å². The van der Waals surface area contributed by atoms with Crippen molar-refractivity contribution in [2.24, 2.45) is 0 Å². The van der Waals surface area contributed by atoms with Gasteiger partial charge in [0.1, 0.15) is 11.6 Å². The first kappa shape index (κ1) is 41.0. The maximum atomic E-state index is 12.5. The first-order valence-electron chi connectivity index (χ1n) is 30.2. The number of hydrogen-bond donors (Lipinski definition) is 1. The molecule has 0 radical (unpaired) electrons. The van der Waals surface area contributed by atoms with Gasteiger partial charge in [0, 0.05) is 41.2 Å². The van der Waals surface area contributed by atoms with Crippen LogP contribution in [-0.2, 0) is 37.3 Å². The van der Waals surface area contributed by atoms with Gasteiger partial charge in [-0.25, -0.2) is 4.98 Å². The molecule has 0 spiro atoms. The van der Waals surface area contributed by atoms with Crippen molar-refractivity contribution in [1.82, 2.24) is 14.5 Å². The molecule has 0 aliphatic rings. The van der Waals surface area contributed by atoms with Gasteiger partial charge in [0.25, 0.3) is 0 Å². The van der Waals surface area contributed by atoms with Crippen molar-refractivity contribution < 1.29 is 39.9 Å². The van der Waals surface area contributed by atoms with Crippen LogP contribution in [0.15, 0.2) is 121 Å². The minimum atomic E-state index is -2.86. The number of aromatic hydroxyl groups is 1. The number of fused-ring (bicyclic) bond motifs is 1. The summed E-state index contributed by atoms with van der Waals surface area (Å²) in [6.07, 6.45) is 5.11. The van der Waals surface area contributed by atoms with Gasteiger partial charge in [0.05, 0.1) is 27.8 Å². The third kappa shape index (κ3) is 10.1. The first-order valence-corrected chi connectivity index (χ1v) is 25.2. The van der Waals surface area contributed by atoms with E-state index in [2.05, 4.69) is 113 Å². The van der Waals surface area contributed by atoms with E-state index in [4.69, 9.17) is 19.6 Å². The largest absolute Gasteiger partial charge is 0.507 e. The van der Waals surface area contributed by atoms with Crippen molar-refractivity contribution in [2.45, 2.75) is 157 Å². The zero-order chi connectivity index (χ0) is 58.9. The summed E-state index contributed by atoms with van der Waals surface area (Å²) >= 11 is 0. The van der Waals surface area contributed by atoms with Crippen LogP contribution in [0.3, 0.4) is 0 Å². The first-order chi connectivity index (χ1) is 37.3. The van der Waals surface area contributed by atoms with Crippen LogP contribution in [0.1, 0.15) is 180 Å². The molecule has 0 saturated heterocycles. The van der Waals surface area contributed by atoms with E-state index in [1.54, 1.807) is 12.1 Å². The molecule has 71 heavy (non-hydrogen) atoms. The minimum absolute atomic E-state index is 0. The molecule has 0 atom stereocenters. The number of rotatable bonds is 14. The third-order valence-corrected chi connectivity index (χ3v) is 15.4. The van der Waals surface area contributed by atoms with E-state index in [0.717, 1.165) is 53.5 Å². The number of benzene rings is 6. The van der Waals surface area contributed by atoms with Gasteiger partial charge < -0.3 is 5.11 Å². The summed E-state index contributed by atoms with van der Waals surface area (Å²) in [6.45, 7) is 22.6. The van der Waals surface area contributed by atoms with E-state index in [-0.39, 0.29) is 60.6 Å². The molecule has 0 aliphatic heterocycles. The van der Waals surface area contributed by atoms with E-state index in [9.17, 15) is 9.22 Å². The average molecular weight is 1130 g/mol.